The highest BCUT2D eigenvalue weighted by Gasteiger charge is 2.15. The monoisotopic (exact) mass is 258 g/mol. The van der Waals surface area contributed by atoms with Gasteiger partial charge in [0.1, 0.15) is 11.1 Å². The molecule has 0 saturated carbocycles. The van der Waals surface area contributed by atoms with E-state index in [1.54, 1.807) is 25.6 Å². The predicted octanol–water partition coefficient (Wildman–Crippen LogP) is 2.50. The molecule has 0 aromatic carbocycles. The molecule has 1 unspecified atom stereocenters. The SMILES string of the molecule is CCCNCc1sc(C(C)OC)nc1COC. The summed E-state index contributed by atoms with van der Waals surface area (Å²) < 4.78 is 10.5. The molecule has 1 N–H and O–H groups in total. The van der Waals surface area contributed by atoms with E-state index in [2.05, 4.69) is 17.2 Å². The number of hydrogen-bond acceptors (Lipinski definition) is 5. The minimum absolute atomic E-state index is 0.0514. The van der Waals surface area contributed by atoms with Gasteiger partial charge in [-0.1, -0.05) is 6.92 Å². The number of rotatable bonds is 8. The Hall–Kier alpha value is -0.490. The normalized spacial score (nSPS) is 12.9. The molecule has 0 aliphatic carbocycles. The van der Waals surface area contributed by atoms with Crippen molar-refractivity contribution in [3.05, 3.63) is 15.6 Å². The van der Waals surface area contributed by atoms with Crippen LogP contribution in [-0.4, -0.2) is 25.7 Å². The van der Waals surface area contributed by atoms with Crippen molar-refractivity contribution in [1.82, 2.24) is 10.3 Å². The van der Waals surface area contributed by atoms with Crippen LogP contribution in [0.15, 0.2) is 0 Å². The van der Waals surface area contributed by atoms with Gasteiger partial charge in [0.15, 0.2) is 0 Å². The molecule has 1 rings (SSSR count). The van der Waals surface area contributed by atoms with Gasteiger partial charge in [0.05, 0.1) is 12.3 Å². The lowest BCUT2D eigenvalue weighted by molar-refractivity contribution is 0.118. The Bertz CT molecular complexity index is 328. The lowest BCUT2D eigenvalue weighted by atomic mass is 10.3. The second-order valence-corrected chi connectivity index (χ2v) is 5.02. The Kier molecular flexibility index (Phi) is 6.65. The van der Waals surface area contributed by atoms with Crippen molar-refractivity contribution < 1.29 is 9.47 Å². The maximum Gasteiger partial charge on any atom is 0.122 e. The fraction of sp³-hybridized carbons (Fsp3) is 0.750. The molecule has 0 fully saturated rings. The lowest BCUT2D eigenvalue weighted by Crippen LogP contribution is -2.14. The summed E-state index contributed by atoms with van der Waals surface area (Å²) in [7, 11) is 3.40. The third-order valence-corrected chi connectivity index (χ3v) is 3.75. The molecule has 0 aliphatic rings. The summed E-state index contributed by atoms with van der Waals surface area (Å²) in [6, 6.07) is 0. The molecule has 1 aromatic rings. The van der Waals surface area contributed by atoms with E-state index in [1.807, 2.05) is 6.92 Å². The summed E-state index contributed by atoms with van der Waals surface area (Å²) in [6.45, 7) is 6.63. The van der Waals surface area contributed by atoms with E-state index in [0.29, 0.717) is 6.61 Å². The van der Waals surface area contributed by atoms with Crippen LogP contribution < -0.4 is 5.32 Å². The van der Waals surface area contributed by atoms with Gasteiger partial charge < -0.3 is 14.8 Å². The lowest BCUT2D eigenvalue weighted by Gasteiger charge is -2.03. The molecular weight excluding hydrogens is 236 g/mol. The number of thiazole rings is 1. The van der Waals surface area contributed by atoms with E-state index in [9.17, 15) is 0 Å². The molecule has 0 saturated heterocycles. The Morgan fingerprint density at radius 3 is 2.76 bits per heavy atom. The predicted molar refractivity (Wildman–Crippen MR) is 70.2 cm³/mol. The first kappa shape index (κ1) is 14.6. The Morgan fingerprint density at radius 1 is 1.41 bits per heavy atom. The minimum Gasteiger partial charge on any atom is -0.378 e. The average molecular weight is 258 g/mol. The highest BCUT2D eigenvalue weighted by atomic mass is 32.1. The van der Waals surface area contributed by atoms with Gasteiger partial charge in [-0.15, -0.1) is 11.3 Å². The zero-order valence-corrected chi connectivity index (χ0v) is 11.9. The van der Waals surface area contributed by atoms with Gasteiger partial charge in [0.2, 0.25) is 0 Å². The molecule has 0 aliphatic heterocycles. The molecule has 5 heteroatoms. The van der Waals surface area contributed by atoms with Gasteiger partial charge in [-0.3, -0.25) is 0 Å². The third kappa shape index (κ3) is 4.35. The largest absolute Gasteiger partial charge is 0.378 e. The van der Waals surface area contributed by atoms with Crippen molar-refractivity contribution in [3.63, 3.8) is 0 Å². The van der Waals surface area contributed by atoms with Crippen LogP contribution in [0.3, 0.4) is 0 Å². The molecule has 1 atom stereocenters. The summed E-state index contributed by atoms with van der Waals surface area (Å²) in [4.78, 5) is 5.83. The number of hydrogen-bond donors (Lipinski definition) is 1. The van der Waals surface area contributed by atoms with E-state index in [4.69, 9.17) is 9.47 Å². The smallest absolute Gasteiger partial charge is 0.122 e. The standard InChI is InChI=1S/C12H22N2O2S/c1-5-6-13-7-11-10(8-15-3)14-12(17-11)9(2)16-4/h9,13H,5-8H2,1-4H3. The van der Waals surface area contributed by atoms with Crippen molar-refractivity contribution in [2.24, 2.45) is 0 Å². The van der Waals surface area contributed by atoms with E-state index in [1.165, 1.54) is 4.88 Å². The molecule has 0 amide bonds. The van der Waals surface area contributed by atoms with Crippen molar-refractivity contribution in [3.8, 4) is 0 Å². The Labute approximate surface area is 107 Å². The number of ether oxygens (including phenoxy) is 2. The quantitative estimate of drug-likeness (QED) is 0.728. The summed E-state index contributed by atoms with van der Waals surface area (Å²) in [5, 5.41) is 4.42. The maximum absolute atomic E-state index is 5.30. The Morgan fingerprint density at radius 2 is 2.18 bits per heavy atom. The zero-order chi connectivity index (χ0) is 12.7. The van der Waals surface area contributed by atoms with Gasteiger partial charge >= 0.3 is 0 Å². The van der Waals surface area contributed by atoms with Crippen LogP contribution >= 0.6 is 11.3 Å². The van der Waals surface area contributed by atoms with Crippen molar-refractivity contribution in [2.75, 3.05) is 20.8 Å². The molecule has 17 heavy (non-hydrogen) atoms. The Balaban J connectivity index is 2.73. The minimum atomic E-state index is 0.0514. The highest BCUT2D eigenvalue weighted by molar-refractivity contribution is 7.11. The summed E-state index contributed by atoms with van der Waals surface area (Å²) in [5.41, 5.74) is 1.03. The second-order valence-electron chi connectivity index (χ2n) is 3.91. The van der Waals surface area contributed by atoms with E-state index in [-0.39, 0.29) is 6.10 Å². The van der Waals surface area contributed by atoms with E-state index >= 15 is 0 Å². The van der Waals surface area contributed by atoms with Crippen LogP contribution in [0.4, 0.5) is 0 Å². The first-order chi connectivity index (χ1) is 8.22. The molecule has 98 valence electrons. The van der Waals surface area contributed by atoms with E-state index in [0.717, 1.165) is 30.2 Å². The number of nitrogens with one attached hydrogen (secondary N) is 1. The summed E-state index contributed by atoms with van der Waals surface area (Å²) in [5.74, 6) is 0. The molecule has 0 radical (unpaired) electrons. The van der Waals surface area contributed by atoms with Gasteiger partial charge in [-0.2, -0.15) is 0 Å². The summed E-state index contributed by atoms with van der Waals surface area (Å²) in [6.07, 6.45) is 1.19. The van der Waals surface area contributed by atoms with E-state index < -0.39 is 0 Å². The highest BCUT2D eigenvalue weighted by Crippen LogP contribution is 2.26. The zero-order valence-electron chi connectivity index (χ0n) is 11.1. The molecule has 1 heterocycles. The maximum atomic E-state index is 5.30. The van der Waals surface area contributed by atoms with Crippen molar-refractivity contribution in [1.29, 1.82) is 0 Å². The van der Waals surface area contributed by atoms with Crippen LogP contribution in [0.2, 0.25) is 0 Å². The van der Waals surface area contributed by atoms with Crippen LogP contribution in [0.25, 0.3) is 0 Å². The number of aromatic nitrogens is 1. The van der Waals surface area contributed by atoms with Crippen molar-refractivity contribution in [2.45, 2.75) is 39.5 Å². The van der Waals surface area contributed by atoms with Gasteiger partial charge in [-0.25, -0.2) is 4.98 Å². The van der Waals surface area contributed by atoms with Crippen LogP contribution in [0.5, 0.6) is 0 Å². The first-order valence-corrected chi connectivity index (χ1v) is 6.75. The van der Waals surface area contributed by atoms with Crippen LogP contribution in [-0.2, 0) is 22.6 Å². The van der Waals surface area contributed by atoms with Gasteiger partial charge in [0.25, 0.3) is 0 Å². The number of nitrogens with zero attached hydrogens (tertiary/aromatic N) is 1. The van der Waals surface area contributed by atoms with Gasteiger partial charge in [-0.05, 0) is 19.9 Å². The topological polar surface area (TPSA) is 43.4 Å². The van der Waals surface area contributed by atoms with Gasteiger partial charge in [0, 0.05) is 25.6 Å². The molecule has 1 aromatic heterocycles. The average Bonchev–Trinajstić information content (AvgIpc) is 2.73. The van der Waals surface area contributed by atoms with Crippen LogP contribution in [0.1, 0.15) is 42.0 Å². The number of methoxy groups -OCH3 is 2. The van der Waals surface area contributed by atoms with Crippen molar-refractivity contribution >= 4 is 11.3 Å². The fourth-order valence-electron chi connectivity index (χ4n) is 1.44. The van der Waals surface area contributed by atoms with Crippen LogP contribution in [0, 0.1) is 0 Å². The third-order valence-electron chi connectivity index (χ3n) is 2.49. The molecule has 0 bridgehead atoms. The molecular formula is C12H22N2O2S. The summed E-state index contributed by atoms with van der Waals surface area (Å²) >= 11 is 1.70. The first-order valence-electron chi connectivity index (χ1n) is 5.93. The fourth-order valence-corrected chi connectivity index (χ4v) is 2.51. The second kappa shape index (κ2) is 7.76. The molecule has 0 spiro atoms. The molecule has 4 nitrogen and oxygen atoms in total.